The van der Waals surface area contributed by atoms with Crippen molar-refractivity contribution in [1.29, 1.82) is 0 Å². The van der Waals surface area contributed by atoms with Crippen molar-refractivity contribution in [2.24, 2.45) is 0 Å². The van der Waals surface area contributed by atoms with E-state index in [2.05, 4.69) is 4.72 Å². The van der Waals surface area contributed by atoms with E-state index in [-0.39, 0.29) is 4.90 Å². The van der Waals surface area contributed by atoms with Crippen LogP contribution in [-0.4, -0.2) is 15.5 Å². The van der Waals surface area contributed by atoms with E-state index >= 15 is 0 Å². The highest BCUT2D eigenvalue weighted by Crippen LogP contribution is 2.22. The van der Waals surface area contributed by atoms with Gasteiger partial charge in [-0.2, -0.15) is 0 Å². The normalized spacial score (nSPS) is 11.2. The molecule has 112 valence electrons. The first-order chi connectivity index (χ1) is 9.96. The Bertz CT molecular complexity index is 722. The quantitative estimate of drug-likeness (QED) is 0.921. The monoisotopic (exact) mass is 305 g/mol. The maximum Gasteiger partial charge on any atom is 0.261 e. The summed E-state index contributed by atoms with van der Waals surface area (Å²) in [6.45, 7) is 3.91. The largest absolute Gasteiger partial charge is 0.497 e. The second-order valence-corrected chi connectivity index (χ2v) is 6.47. The summed E-state index contributed by atoms with van der Waals surface area (Å²) < 4.78 is 32.5. The highest BCUT2D eigenvalue weighted by Gasteiger charge is 2.15. The third-order valence-corrected chi connectivity index (χ3v) is 4.71. The molecule has 0 fully saturated rings. The molecule has 0 saturated carbocycles. The highest BCUT2D eigenvalue weighted by molar-refractivity contribution is 7.92. The van der Waals surface area contributed by atoms with Crippen LogP contribution in [0.2, 0.25) is 0 Å². The molecule has 0 spiro atoms. The van der Waals surface area contributed by atoms with Gasteiger partial charge >= 0.3 is 0 Å². The Balaban J connectivity index is 2.32. The van der Waals surface area contributed by atoms with Crippen LogP contribution in [0, 0.1) is 6.92 Å². The van der Waals surface area contributed by atoms with Crippen molar-refractivity contribution in [2.75, 3.05) is 11.8 Å². The molecule has 0 amide bonds. The molecule has 0 heterocycles. The summed E-state index contributed by atoms with van der Waals surface area (Å²) in [7, 11) is -2.05. The molecule has 0 aliphatic heterocycles. The first kappa shape index (κ1) is 15.4. The van der Waals surface area contributed by atoms with Gasteiger partial charge in [0.1, 0.15) is 5.75 Å². The average molecular weight is 305 g/mol. The summed E-state index contributed by atoms with van der Waals surface area (Å²) in [5.41, 5.74) is 2.60. The second kappa shape index (κ2) is 6.18. The third kappa shape index (κ3) is 3.55. The lowest BCUT2D eigenvalue weighted by molar-refractivity contribution is 0.414. The van der Waals surface area contributed by atoms with Crippen LogP contribution < -0.4 is 9.46 Å². The lowest BCUT2D eigenvalue weighted by atomic mass is 10.1. The standard InChI is InChI=1S/C16H19NO3S/c1-4-13-6-5-12(2)16(11-13)17-21(18,19)15-9-7-14(20-3)8-10-15/h5-11,17H,4H2,1-3H3. The van der Waals surface area contributed by atoms with E-state index in [1.807, 2.05) is 32.0 Å². The Morgan fingerprint density at radius 1 is 1.10 bits per heavy atom. The van der Waals surface area contributed by atoms with Crippen LogP contribution in [0.5, 0.6) is 5.75 Å². The van der Waals surface area contributed by atoms with Crippen LogP contribution in [0.4, 0.5) is 5.69 Å². The van der Waals surface area contributed by atoms with Gasteiger partial charge in [-0.15, -0.1) is 0 Å². The van der Waals surface area contributed by atoms with Gasteiger partial charge in [-0.25, -0.2) is 8.42 Å². The van der Waals surface area contributed by atoms with Crippen molar-refractivity contribution in [1.82, 2.24) is 0 Å². The van der Waals surface area contributed by atoms with E-state index in [4.69, 9.17) is 4.74 Å². The lowest BCUT2D eigenvalue weighted by Crippen LogP contribution is -2.14. The van der Waals surface area contributed by atoms with Gasteiger partial charge in [0.25, 0.3) is 10.0 Å². The SMILES string of the molecule is CCc1ccc(C)c(NS(=O)(=O)c2ccc(OC)cc2)c1. The molecule has 5 heteroatoms. The minimum Gasteiger partial charge on any atom is -0.497 e. The number of anilines is 1. The second-order valence-electron chi connectivity index (χ2n) is 4.78. The molecule has 0 aromatic heterocycles. The maximum atomic E-state index is 12.4. The van der Waals surface area contributed by atoms with Crippen molar-refractivity contribution < 1.29 is 13.2 Å². The zero-order valence-electron chi connectivity index (χ0n) is 12.4. The Morgan fingerprint density at radius 3 is 2.33 bits per heavy atom. The predicted octanol–water partition coefficient (Wildman–Crippen LogP) is 3.37. The molecule has 0 saturated heterocycles. The molecule has 2 aromatic rings. The molecule has 4 nitrogen and oxygen atoms in total. The van der Waals surface area contributed by atoms with Gasteiger partial charge in [0.2, 0.25) is 0 Å². The number of ether oxygens (including phenoxy) is 1. The minimum absolute atomic E-state index is 0.213. The van der Waals surface area contributed by atoms with Crippen molar-refractivity contribution in [3.05, 3.63) is 53.6 Å². The fourth-order valence-electron chi connectivity index (χ4n) is 1.96. The molecule has 0 bridgehead atoms. The summed E-state index contributed by atoms with van der Waals surface area (Å²) in [5, 5.41) is 0. The summed E-state index contributed by atoms with van der Waals surface area (Å²) in [5.74, 6) is 0.623. The molecule has 0 aliphatic rings. The number of benzene rings is 2. The Morgan fingerprint density at radius 2 is 1.76 bits per heavy atom. The Labute approximate surface area is 125 Å². The van der Waals surface area contributed by atoms with Gasteiger partial charge in [0, 0.05) is 0 Å². The number of sulfonamides is 1. The van der Waals surface area contributed by atoms with Crippen molar-refractivity contribution in [3.63, 3.8) is 0 Å². The number of aryl methyl sites for hydroxylation is 2. The molecule has 0 aliphatic carbocycles. The topological polar surface area (TPSA) is 55.4 Å². The van der Waals surface area contributed by atoms with E-state index < -0.39 is 10.0 Å². The number of nitrogens with one attached hydrogen (secondary N) is 1. The molecular formula is C16H19NO3S. The molecule has 0 radical (unpaired) electrons. The molecular weight excluding hydrogens is 286 g/mol. The van der Waals surface area contributed by atoms with Crippen LogP contribution in [-0.2, 0) is 16.4 Å². The van der Waals surface area contributed by atoms with Gasteiger partial charge in [0.15, 0.2) is 0 Å². The van der Waals surface area contributed by atoms with Crippen LogP contribution in [0.25, 0.3) is 0 Å². The van der Waals surface area contributed by atoms with Crippen molar-refractivity contribution in [3.8, 4) is 5.75 Å². The van der Waals surface area contributed by atoms with E-state index in [9.17, 15) is 8.42 Å². The third-order valence-electron chi connectivity index (χ3n) is 3.32. The van der Waals surface area contributed by atoms with Crippen LogP contribution in [0.1, 0.15) is 18.1 Å². The summed E-state index contributed by atoms with van der Waals surface area (Å²) >= 11 is 0. The fraction of sp³-hybridized carbons (Fsp3) is 0.250. The molecule has 0 unspecified atom stereocenters. The first-order valence-corrected chi connectivity index (χ1v) is 8.21. The first-order valence-electron chi connectivity index (χ1n) is 6.72. The number of methoxy groups -OCH3 is 1. The zero-order chi connectivity index (χ0) is 15.5. The Hall–Kier alpha value is -2.01. The van der Waals surface area contributed by atoms with Gasteiger partial charge in [-0.1, -0.05) is 19.1 Å². The zero-order valence-corrected chi connectivity index (χ0v) is 13.2. The van der Waals surface area contributed by atoms with Gasteiger partial charge in [-0.05, 0) is 54.8 Å². The smallest absolute Gasteiger partial charge is 0.261 e. The summed E-state index contributed by atoms with van der Waals surface area (Å²) in [6, 6.07) is 12.1. The molecule has 21 heavy (non-hydrogen) atoms. The van der Waals surface area contributed by atoms with E-state index in [0.29, 0.717) is 11.4 Å². The number of hydrogen-bond acceptors (Lipinski definition) is 3. The average Bonchev–Trinajstić information content (AvgIpc) is 2.49. The predicted molar refractivity (Wildman–Crippen MR) is 84.4 cm³/mol. The van der Waals surface area contributed by atoms with E-state index in [1.165, 1.54) is 12.1 Å². The van der Waals surface area contributed by atoms with Gasteiger partial charge in [-0.3, -0.25) is 4.72 Å². The van der Waals surface area contributed by atoms with Gasteiger partial charge in [0.05, 0.1) is 17.7 Å². The summed E-state index contributed by atoms with van der Waals surface area (Å²) in [4.78, 5) is 0.213. The molecule has 2 rings (SSSR count). The molecule has 2 aromatic carbocycles. The van der Waals surface area contributed by atoms with Crippen LogP contribution in [0.3, 0.4) is 0 Å². The van der Waals surface area contributed by atoms with E-state index in [1.54, 1.807) is 19.2 Å². The Kier molecular flexibility index (Phi) is 4.53. The highest BCUT2D eigenvalue weighted by atomic mass is 32.2. The summed E-state index contributed by atoms with van der Waals surface area (Å²) in [6.07, 6.45) is 0.859. The lowest BCUT2D eigenvalue weighted by Gasteiger charge is -2.12. The molecule has 1 N–H and O–H groups in total. The molecule has 0 atom stereocenters. The number of rotatable bonds is 5. The van der Waals surface area contributed by atoms with Crippen molar-refractivity contribution in [2.45, 2.75) is 25.2 Å². The number of hydrogen-bond donors (Lipinski definition) is 1. The van der Waals surface area contributed by atoms with Crippen LogP contribution in [0.15, 0.2) is 47.4 Å². The maximum absolute atomic E-state index is 12.4. The van der Waals surface area contributed by atoms with Gasteiger partial charge < -0.3 is 4.74 Å². The van der Waals surface area contributed by atoms with Crippen LogP contribution >= 0.6 is 0 Å². The van der Waals surface area contributed by atoms with E-state index in [0.717, 1.165) is 17.5 Å². The van der Waals surface area contributed by atoms with Crippen molar-refractivity contribution >= 4 is 15.7 Å². The fourth-order valence-corrected chi connectivity index (χ4v) is 3.08. The minimum atomic E-state index is -3.59.